The summed E-state index contributed by atoms with van der Waals surface area (Å²) in [5.74, 6) is -0.0173. The molecule has 1 amide bonds. The molecule has 0 bridgehead atoms. The van der Waals surface area contributed by atoms with Gasteiger partial charge in [0.2, 0.25) is 5.91 Å². The highest BCUT2D eigenvalue weighted by Crippen LogP contribution is 2.24. The van der Waals surface area contributed by atoms with Gasteiger partial charge < -0.3 is 5.32 Å². The number of benzene rings is 2. The number of halogens is 1. The molecule has 3 heteroatoms. The maximum Gasteiger partial charge on any atom is 0.225 e. The fourth-order valence-electron chi connectivity index (χ4n) is 2.34. The number of carbonyl (C=O) groups excluding carboxylic acids is 1. The van der Waals surface area contributed by atoms with Gasteiger partial charge in [0.1, 0.15) is 0 Å². The van der Waals surface area contributed by atoms with E-state index in [1.807, 2.05) is 55.5 Å². The molecule has 0 aliphatic heterocycles. The molecular formula is C18H20ClNO. The summed E-state index contributed by atoms with van der Waals surface area (Å²) in [6, 6.07) is 17.5. The fourth-order valence-corrected chi connectivity index (χ4v) is 2.54. The zero-order valence-electron chi connectivity index (χ0n) is 12.4. The van der Waals surface area contributed by atoms with Gasteiger partial charge >= 0.3 is 0 Å². The minimum absolute atomic E-state index is 0.0173. The molecule has 0 heterocycles. The van der Waals surface area contributed by atoms with E-state index in [-0.39, 0.29) is 11.4 Å². The van der Waals surface area contributed by atoms with Crippen LogP contribution in [0, 0.1) is 0 Å². The number of carbonyl (C=O) groups is 1. The first-order valence-corrected chi connectivity index (χ1v) is 7.53. The summed E-state index contributed by atoms with van der Waals surface area (Å²) in [7, 11) is 0. The number of nitrogens with one attached hydrogen (secondary N) is 1. The fraction of sp³-hybridized carbons (Fsp3) is 0.278. The molecule has 1 unspecified atom stereocenters. The molecule has 21 heavy (non-hydrogen) atoms. The Morgan fingerprint density at radius 3 is 2.33 bits per heavy atom. The van der Waals surface area contributed by atoms with Gasteiger partial charge in [-0.25, -0.2) is 0 Å². The normalized spacial score (nSPS) is 13.5. The van der Waals surface area contributed by atoms with Crippen LogP contribution in [0.25, 0.3) is 0 Å². The Kier molecular flexibility index (Phi) is 5.03. The molecule has 0 aliphatic rings. The van der Waals surface area contributed by atoms with Crippen molar-refractivity contribution in [2.45, 2.75) is 32.2 Å². The van der Waals surface area contributed by atoms with Crippen molar-refractivity contribution >= 4 is 17.5 Å². The quantitative estimate of drug-likeness (QED) is 0.875. The Labute approximate surface area is 131 Å². The minimum atomic E-state index is -0.362. The number of hydrogen-bond donors (Lipinski definition) is 1. The zero-order valence-corrected chi connectivity index (χ0v) is 13.2. The van der Waals surface area contributed by atoms with Gasteiger partial charge in [-0.15, -0.1) is 0 Å². The van der Waals surface area contributed by atoms with Crippen molar-refractivity contribution in [3.8, 4) is 0 Å². The van der Waals surface area contributed by atoms with Crippen LogP contribution < -0.4 is 5.32 Å². The smallest absolute Gasteiger partial charge is 0.225 e. The average molecular weight is 302 g/mol. The maximum atomic E-state index is 12.3. The Morgan fingerprint density at radius 1 is 1.10 bits per heavy atom. The van der Waals surface area contributed by atoms with Crippen molar-refractivity contribution in [3.63, 3.8) is 0 Å². The second kappa shape index (κ2) is 6.77. The predicted octanol–water partition coefficient (Wildman–Crippen LogP) is 4.32. The monoisotopic (exact) mass is 301 g/mol. The van der Waals surface area contributed by atoms with Crippen LogP contribution >= 0.6 is 11.6 Å². The molecule has 0 spiro atoms. The highest BCUT2D eigenvalue weighted by atomic mass is 35.5. The Balaban J connectivity index is 2.12. The van der Waals surface area contributed by atoms with Gasteiger partial charge in [-0.05, 0) is 30.5 Å². The van der Waals surface area contributed by atoms with Gasteiger partial charge in [0, 0.05) is 5.02 Å². The van der Waals surface area contributed by atoms with Crippen LogP contribution in [0.4, 0.5) is 0 Å². The van der Waals surface area contributed by atoms with Crippen LogP contribution in [0.15, 0.2) is 54.6 Å². The van der Waals surface area contributed by atoms with Gasteiger partial charge in [-0.1, -0.05) is 67.1 Å². The van der Waals surface area contributed by atoms with Gasteiger partial charge in [0.25, 0.3) is 0 Å². The van der Waals surface area contributed by atoms with Crippen LogP contribution in [0.3, 0.4) is 0 Å². The van der Waals surface area contributed by atoms with E-state index < -0.39 is 0 Å². The third-order valence-electron chi connectivity index (χ3n) is 3.84. The lowest BCUT2D eigenvalue weighted by molar-refractivity contribution is -0.122. The standard InChI is InChI=1S/C18H20ClNO/c1-3-18(2,15-10-5-4-6-11-15)20-17(21)13-14-9-7-8-12-16(14)19/h4-12H,3,13H2,1-2H3,(H,20,21). The number of rotatable bonds is 5. The summed E-state index contributed by atoms with van der Waals surface area (Å²) in [6.45, 7) is 4.12. The molecule has 0 fully saturated rings. The molecule has 2 rings (SSSR count). The lowest BCUT2D eigenvalue weighted by Crippen LogP contribution is -2.43. The number of hydrogen-bond acceptors (Lipinski definition) is 1. The molecule has 2 aromatic rings. The zero-order chi connectivity index (χ0) is 15.3. The van der Waals surface area contributed by atoms with E-state index in [1.165, 1.54) is 0 Å². The molecule has 2 nitrogen and oxygen atoms in total. The maximum absolute atomic E-state index is 12.3. The molecule has 2 aromatic carbocycles. The molecule has 0 saturated carbocycles. The van der Waals surface area contributed by atoms with E-state index in [4.69, 9.17) is 11.6 Å². The van der Waals surface area contributed by atoms with Gasteiger partial charge in [-0.3, -0.25) is 4.79 Å². The van der Waals surface area contributed by atoms with Crippen molar-refractivity contribution in [2.24, 2.45) is 0 Å². The summed E-state index contributed by atoms with van der Waals surface area (Å²) in [6.07, 6.45) is 1.12. The average Bonchev–Trinajstić information content (AvgIpc) is 2.50. The Morgan fingerprint density at radius 2 is 1.71 bits per heavy atom. The molecule has 110 valence electrons. The topological polar surface area (TPSA) is 29.1 Å². The van der Waals surface area contributed by atoms with Gasteiger partial charge in [-0.2, -0.15) is 0 Å². The van der Waals surface area contributed by atoms with E-state index in [1.54, 1.807) is 6.07 Å². The van der Waals surface area contributed by atoms with Crippen molar-refractivity contribution in [2.75, 3.05) is 0 Å². The first-order valence-electron chi connectivity index (χ1n) is 7.15. The molecule has 0 saturated heterocycles. The van der Waals surface area contributed by atoms with Crippen LogP contribution in [0.1, 0.15) is 31.4 Å². The predicted molar refractivity (Wildman–Crippen MR) is 87.4 cm³/mol. The van der Waals surface area contributed by atoms with Gasteiger partial charge in [0.05, 0.1) is 12.0 Å². The lowest BCUT2D eigenvalue weighted by Gasteiger charge is -2.30. The minimum Gasteiger partial charge on any atom is -0.347 e. The highest BCUT2D eigenvalue weighted by Gasteiger charge is 2.26. The summed E-state index contributed by atoms with van der Waals surface area (Å²) in [4.78, 5) is 12.3. The van der Waals surface area contributed by atoms with E-state index in [9.17, 15) is 4.79 Å². The summed E-state index contributed by atoms with van der Waals surface area (Å²) >= 11 is 6.11. The number of amides is 1. The second-order valence-electron chi connectivity index (χ2n) is 5.37. The molecular weight excluding hydrogens is 282 g/mol. The van der Waals surface area contributed by atoms with Crippen molar-refractivity contribution < 1.29 is 4.79 Å². The van der Waals surface area contributed by atoms with Crippen LogP contribution in [-0.2, 0) is 16.8 Å². The lowest BCUT2D eigenvalue weighted by atomic mass is 9.89. The Bertz CT molecular complexity index is 612. The first kappa shape index (κ1) is 15.6. The Hall–Kier alpha value is -1.80. The van der Waals surface area contributed by atoms with E-state index in [0.717, 1.165) is 17.5 Å². The van der Waals surface area contributed by atoms with Crippen molar-refractivity contribution in [1.82, 2.24) is 5.32 Å². The second-order valence-corrected chi connectivity index (χ2v) is 5.78. The molecule has 1 atom stereocenters. The molecule has 1 N–H and O–H groups in total. The third kappa shape index (κ3) is 3.85. The van der Waals surface area contributed by atoms with Crippen LogP contribution in [-0.4, -0.2) is 5.91 Å². The highest BCUT2D eigenvalue weighted by molar-refractivity contribution is 6.31. The third-order valence-corrected chi connectivity index (χ3v) is 4.21. The van der Waals surface area contributed by atoms with E-state index >= 15 is 0 Å². The molecule has 0 radical (unpaired) electrons. The molecule has 0 aliphatic carbocycles. The largest absolute Gasteiger partial charge is 0.347 e. The van der Waals surface area contributed by atoms with Crippen molar-refractivity contribution in [3.05, 3.63) is 70.7 Å². The molecule has 0 aromatic heterocycles. The van der Waals surface area contributed by atoms with Crippen LogP contribution in [0.2, 0.25) is 5.02 Å². The van der Waals surface area contributed by atoms with Gasteiger partial charge in [0.15, 0.2) is 0 Å². The van der Waals surface area contributed by atoms with Crippen LogP contribution in [0.5, 0.6) is 0 Å². The summed E-state index contributed by atoms with van der Waals surface area (Å²) < 4.78 is 0. The van der Waals surface area contributed by atoms with E-state index in [0.29, 0.717) is 11.4 Å². The summed E-state index contributed by atoms with van der Waals surface area (Å²) in [5, 5.41) is 3.77. The first-order chi connectivity index (χ1) is 10.0. The summed E-state index contributed by atoms with van der Waals surface area (Å²) in [5.41, 5.74) is 1.60. The SMILES string of the molecule is CCC(C)(NC(=O)Cc1ccccc1Cl)c1ccccc1. The van der Waals surface area contributed by atoms with E-state index in [2.05, 4.69) is 12.2 Å². The van der Waals surface area contributed by atoms with Crippen molar-refractivity contribution in [1.29, 1.82) is 0 Å².